The van der Waals surface area contributed by atoms with Crippen molar-refractivity contribution in [1.82, 2.24) is 14.8 Å². The van der Waals surface area contributed by atoms with Crippen LogP contribution in [0.5, 0.6) is 5.75 Å². The lowest BCUT2D eigenvalue weighted by Gasteiger charge is -2.13. The normalized spacial score (nSPS) is 15.6. The Kier molecular flexibility index (Phi) is 7.47. The van der Waals surface area contributed by atoms with E-state index >= 15 is 0 Å². The van der Waals surface area contributed by atoms with Gasteiger partial charge in [0.15, 0.2) is 0 Å². The zero-order chi connectivity index (χ0) is 26.5. The summed E-state index contributed by atoms with van der Waals surface area (Å²) in [4.78, 5) is 17.2. The summed E-state index contributed by atoms with van der Waals surface area (Å²) in [5, 5.41) is 16.8. The van der Waals surface area contributed by atoms with E-state index in [1.807, 2.05) is 50.4 Å². The first-order valence-electron chi connectivity index (χ1n) is 12.7. The average Bonchev–Trinajstić information content (AvgIpc) is 3.65. The first kappa shape index (κ1) is 25.2. The second-order valence-electron chi connectivity index (χ2n) is 9.42. The fraction of sp³-hybridized carbons (Fsp3) is 0.267. The van der Waals surface area contributed by atoms with Crippen LogP contribution in [0.15, 0.2) is 73.3 Å². The van der Waals surface area contributed by atoms with Gasteiger partial charge in [0.1, 0.15) is 12.4 Å². The molecule has 192 valence electrons. The Balaban J connectivity index is 1.35. The van der Waals surface area contributed by atoms with Crippen molar-refractivity contribution >= 4 is 11.6 Å². The number of benzene rings is 2. The van der Waals surface area contributed by atoms with E-state index in [-0.39, 0.29) is 17.9 Å². The van der Waals surface area contributed by atoms with Gasteiger partial charge in [0, 0.05) is 47.6 Å². The van der Waals surface area contributed by atoms with Crippen molar-refractivity contribution in [3.05, 3.63) is 90.0 Å². The molecule has 1 N–H and O–H groups in total. The average molecular weight is 508 g/mol. The second kappa shape index (κ2) is 11.3. The van der Waals surface area contributed by atoms with Crippen molar-refractivity contribution in [2.75, 3.05) is 18.5 Å². The van der Waals surface area contributed by atoms with E-state index in [0.29, 0.717) is 17.9 Å². The van der Waals surface area contributed by atoms with Crippen LogP contribution in [-0.4, -0.2) is 40.0 Å². The molecule has 4 aromatic rings. The molecule has 1 aliphatic rings. The third-order valence-electron chi connectivity index (χ3n) is 6.68. The van der Waals surface area contributed by atoms with Gasteiger partial charge in [-0.15, -0.1) is 0 Å². The summed E-state index contributed by atoms with van der Waals surface area (Å²) in [7, 11) is 0. The standard InChI is InChI=1S/C30H29N5O3/c1-20-8-9-25(34-30(36)23-6-3-5-22(13-23)21(2)15-31)14-28(20)35-18-24(16-33-35)27-17-32-11-10-29(27)38-19-26-7-4-12-37-26/h3,5-6,8-11,13-14,16-18,21,26H,4,7,12,19H2,1-2H3,(H,34,36). The molecule has 1 fully saturated rings. The van der Waals surface area contributed by atoms with Crippen molar-refractivity contribution in [3.63, 3.8) is 0 Å². The number of pyridine rings is 1. The highest BCUT2D eigenvalue weighted by Gasteiger charge is 2.18. The van der Waals surface area contributed by atoms with Gasteiger partial charge in [0.05, 0.1) is 30.0 Å². The summed E-state index contributed by atoms with van der Waals surface area (Å²) in [5.74, 6) is 0.210. The van der Waals surface area contributed by atoms with E-state index in [0.717, 1.165) is 53.1 Å². The molecule has 1 aliphatic heterocycles. The molecule has 2 atom stereocenters. The number of ether oxygens (including phenoxy) is 2. The third-order valence-corrected chi connectivity index (χ3v) is 6.68. The molecule has 2 unspecified atom stereocenters. The molecule has 0 saturated carbocycles. The molecule has 2 aromatic heterocycles. The van der Waals surface area contributed by atoms with Gasteiger partial charge in [-0.1, -0.05) is 18.2 Å². The summed E-state index contributed by atoms with van der Waals surface area (Å²) in [6.07, 6.45) is 9.39. The molecule has 8 heteroatoms. The number of carbonyl (C=O) groups is 1. The molecule has 0 aliphatic carbocycles. The van der Waals surface area contributed by atoms with Gasteiger partial charge in [-0.3, -0.25) is 9.78 Å². The van der Waals surface area contributed by atoms with Crippen LogP contribution >= 0.6 is 0 Å². The fourth-order valence-electron chi connectivity index (χ4n) is 4.44. The molecule has 0 bridgehead atoms. The van der Waals surface area contributed by atoms with Gasteiger partial charge in [-0.05, 0) is 68.1 Å². The van der Waals surface area contributed by atoms with Crippen molar-refractivity contribution in [2.45, 2.75) is 38.7 Å². The Morgan fingerprint density at radius 3 is 2.97 bits per heavy atom. The van der Waals surface area contributed by atoms with Crippen molar-refractivity contribution in [1.29, 1.82) is 5.26 Å². The van der Waals surface area contributed by atoms with Gasteiger partial charge in [-0.2, -0.15) is 10.4 Å². The molecule has 0 radical (unpaired) electrons. The topological polar surface area (TPSA) is 102 Å². The largest absolute Gasteiger partial charge is 0.490 e. The quantitative estimate of drug-likeness (QED) is 0.329. The maximum atomic E-state index is 12.9. The maximum Gasteiger partial charge on any atom is 0.255 e. The van der Waals surface area contributed by atoms with E-state index in [1.54, 1.807) is 41.5 Å². The van der Waals surface area contributed by atoms with Gasteiger partial charge in [0.25, 0.3) is 5.91 Å². The van der Waals surface area contributed by atoms with Gasteiger partial charge >= 0.3 is 0 Å². The molecular weight excluding hydrogens is 478 g/mol. The molecule has 1 saturated heterocycles. The number of nitrogens with zero attached hydrogens (tertiary/aromatic N) is 4. The van der Waals surface area contributed by atoms with Crippen LogP contribution in [0.1, 0.15) is 47.2 Å². The number of anilines is 1. The summed E-state index contributed by atoms with van der Waals surface area (Å²) in [6.45, 7) is 5.10. The maximum absolute atomic E-state index is 12.9. The summed E-state index contributed by atoms with van der Waals surface area (Å²) in [5.41, 5.74) is 5.52. The van der Waals surface area contributed by atoms with Gasteiger partial charge < -0.3 is 14.8 Å². The predicted molar refractivity (Wildman–Crippen MR) is 144 cm³/mol. The van der Waals surface area contributed by atoms with Crippen LogP contribution < -0.4 is 10.1 Å². The third kappa shape index (κ3) is 5.58. The highest BCUT2D eigenvalue weighted by molar-refractivity contribution is 6.04. The minimum Gasteiger partial charge on any atom is -0.490 e. The Morgan fingerprint density at radius 2 is 2.16 bits per heavy atom. The Hall–Kier alpha value is -4.48. The molecule has 3 heterocycles. The smallest absolute Gasteiger partial charge is 0.255 e. The number of carbonyl (C=O) groups excluding carboxylic acids is 1. The summed E-state index contributed by atoms with van der Waals surface area (Å²) >= 11 is 0. The molecule has 38 heavy (non-hydrogen) atoms. The minimum atomic E-state index is -0.287. The lowest BCUT2D eigenvalue weighted by Crippen LogP contribution is -2.16. The second-order valence-corrected chi connectivity index (χ2v) is 9.42. The highest BCUT2D eigenvalue weighted by atomic mass is 16.5. The van der Waals surface area contributed by atoms with Crippen LogP contribution in [0.2, 0.25) is 0 Å². The van der Waals surface area contributed by atoms with E-state index < -0.39 is 0 Å². The van der Waals surface area contributed by atoms with E-state index in [1.165, 1.54) is 0 Å². The number of nitriles is 1. The number of hydrogen-bond acceptors (Lipinski definition) is 6. The fourth-order valence-corrected chi connectivity index (χ4v) is 4.44. The monoisotopic (exact) mass is 507 g/mol. The number of aryl methyl sites for hydroxylation is 1. The van der Waals surface area contributed by atoms with Crippen LogP contribution in [0.4, 0.5) is 5.69 Å². The van der Waals surface area contributed by atoms with Crippen molar-refractivity contribution in [2.24, 2.45) is 0 Å². The Bertz CT molecular complexity index is 1480. The zero-order valence-electron chi connectivity index (χ0n) is 21.4. The van der Waals surface area contributed by atoms with Gasteiger partial charge in [0.2, 0.25) is 0 Å². The molecule has 0 spiro atoms. The molecule has 1 amide bonds. The SMILES string of the molecule is Cc1ccc(NC(=O)c2cccc(C(C)C#N)c2)cc1-n1cc(-c2cnccc2OCC2CCCO2)cn1. The molecule has 8 nitrogen and oxygen atoms in total. The van der Waals surface area contributed by atoms with Crippen LogP contribution in [0.25, 0.3) is 16.8 Å². The number of aromatic nitrogens is 3. The van der Waals surface area contributed by atoms with Crippen molar-refractivity contribution in [3.8, 4) is 28.6 Å². The lowest BCUT2D eigenvalue weighted by molar-refractivity contribution is 0.0681. The first-order valence-corrected chi connectivity index (χ1v) is 12.7. The van der Waals surface area contributed by atoms with Crippen LogP contribution in [0, 0.1) is 18.3 Å². The molecule has 5 rings (SSSR count). The lowest BCUT2D eigenvalue weighted by atomic mass is 10.0. The number of rotatable bonds is 8. The Morgan fingerprint density at radius 1 is 1.26 bits per heavy atom. The zero-order valence-corrected chi connectivity index (χ0v) is 21.4. The van der Waals surface area contributed by atoms with Crippen LogP contribution in [-0.2, 0) is 4.74 Å². The molecule has 2 aromatic carbocycles. The number of hydrogen-bond donors (Lipinski definition) is 1. The van der Waals surface area contributed by atoms with Gasteiger partial charge in [-0.25, -0.2) is 4.68 Å². The summed E-state index contributed by atoms with van der Waals surface area (Å²) in [6, 6.07) is 16.9. The Labute approximate surface area is 221 Å². The van der Waals surface area contributed by atoms with E-state index in [4.69, 9.17) is 9.47 Å². The van der Waals surface area contributed by atoms with Crippen molar-refractivity contribution < 1.29 is 14.3 Å². The van der Waals surface area contributed by atoms with Crippen LogP contribution in [0.3, 0.4) is 0 Å². The van der Waals surface area contributed by atoms with E-state index in [2.05, 4.69) is 21.5 Å². The molecular formula is C30H29N5O3. The van der Waals surface area contributed by atoms with E-state index in [9.17, 15) is 10.1 Å². The number of nitrogens with one attached hydrogen (secondary N) is 1. The minimum absolute atomic E-state index is 0.122. The predicted octanol–water partition coefficient (Wildman–Crippen LogP) is 5.68. The first-order chi connectivity index (χ1) is 18.5. The highest BCUT2D eigenvalue weighted by Crippen LogP contribution is 2.31. The summed E-state index contributed by atoms with van der Waals surface area (Å²) < 4.78 is 13.5. The number of amides is 1.